The highest BCUT2D eigenvalue weighted by Gasteiger charge is 2.37. The first-order valence-corrected chi connectivity index (χ1v) is 9.04. The van der Waals surface area contributed by atoms with Crippen molar-refractivity contribution in [3.8, 4) is 0 Å². The van der Waals surface area contributed by atoms with Crippen molar-refractivity contribution in [1.82, 2.24) is 14.7 Å². The van der Waals surface area contributed by atoms with Crippen LogP contribution in [0.3, 0.4) is 0 Å². The molecule has 0 radical (unpaired) electrons. The molecule has 1 N–H and O–H groups in total. The third-order valence-electron chi connectivity index (χ3n) is 5.24. The lowest BCUT2D eigenvalue weighted by atomic mass is 10.0. The topological polar surface area (TPSA) is 73.0 Å². The van der Waals surface area contributed by atoms with Crippen molar-refractivity contribution in [2.45, 2.75) is 38.8 Å². The fraction of sp³-hybridized carbons (Fsp3) is 0.526. The van der Waals surface area contributed by atoms with Gasteiger partial charge in [-0.05, 0) is 65.0 Å². The SMILES string of the molecule is CC(C)N1C(=O)c2ccc(NC(=O)N(C)C3CCN(C)CC3)cc2C1=O. The number of carbonyl (C=O) groups is 3. The summed E-state index contributed by atoms with van der Waals surface area (Å²) in [6, 6.07) is 4.70. The second-order valence-electron chi connectivity index (χ2n) is 7.41. The Kier molecular flexibility index (Phi) is 5.00. The molecule has 0 spiro atoms. The van der Waals surface area contributed by atoms with Crippen LogP contribution in [-0.2, 0) is 0 Å². The summed E-state index contributed by atoms with van der Waals surface area (Å²) in [5.74, 6) is -0.582. The van der Waals surface area contributed by atoms with Crippen LogP contribution in [0, 0.1) is 0 Å². The van der Waals surface area contributed by atoms with Gasteiger partial charge in [-0.15, -0.1) is 0 Å². The molecule has 0 unspecified atom stereocenters. The molecule has 4 amide bonds. The Morgan fingerprint density at radius 1 is 1.15 bits per heavy atom. The summed E-state index contributed by atoms with van der Waals surface area (Å²) in [7, 11) is 3.88. The average molecular weight is 358 g/mol. The van der Waals surface area contributed by atoms with Crippen LogP contribution in [0.5, 0.6) is 0 Å². The molecule has 2 aliphatic rings. The molecular formula is C19H26N4O3. The first kappa shape index (κ1) is 18.4. The van der Waals surface area contributed by atoms with Crippen molar-refractivity contribution in [3.05, 3.63) is 29.3 Å². The molecule has 1 aromatic rings. The highest BCUT2D eigenvalue weighted by atomic mass is 16.2. The van der Waals surface area contributed by atoms with Crippen molar-refractivity contribution in [2.24, 2.45) is 0 Å². The van der Waals surface area contributed by atoms with E-state index in [1.807, 2.05) is 0 Å². The van der Waals surface area contributed by atoms with Crippen molar-refractivity contribution in [3.63, 3.8) is 0 Å². The number of hydrogen-bond acceptors (Lipinski definition) is 4. The molecule has 2 heterocycles. The van der Waals surface area contributed by atoms with Gasteiger partial charge in [-0.25, -0.2) is 4.79 Å². The number of benzene rings is 1. The Bertz CT molecular complexity index is 738. The molecule has 1 fully saturated rings. The van der Waals surface area contributed by atoms with Gasteiger partial charge in [0.25, 0.3) is 11.8 Å². The molecule has 3 rings (SSSR count). The van der Waals surface area contributed by atoms with Crippen LogP contribution in [0.1, 0.15) is 47.4 Å². The number of amides is 4. The Balaban J connectivity index is 1.71. The second-order valence-corrected chi connectivity index (χ2v) is 7.41. The molecule has 140 valence electrons. The number of piperidine rings is 1. The number of likely N-dealkylation sites (tertiary alicyclic amines) is 1. The van der Waals surface area contributed by atoms with E-state index in [1.165, 1.54) is 4.90 Å². The number of rotatable bonds is 3. The fourth-order valence-electron chi connectivity index (χ4n) is 3.57. The van der Waals surface area contributed by atoms with Crippen molar-refractivity contribution in [2.75, 3.05) is 32.5 Å². The molecule has 7 heteroatoms. The molecular weight excluding hydrogens is 332 g/mol. The highest BCUT2D eigenvalue weighted by molar-refractivity contribution is 6.22. The van der Waals surface area contributed by atoms with Crippen LogP contribution in [0.25, 0.3) is 0 Å². The maximum Gasteiger partial charge on any atom is 0.321 e. The first-order valence-electron chi connectivity index (χ1n) is 9.04. The third-order valence-corrected chi connectivity index (χ3v) is 5.24. The molecule has 1 aromatic carbocycles. The number of nitrogens with one attached hydrogen (secondary N) is 1. The van der Waals surface area contributed by atoms with Crippen LogP contribution < -0.4 is 5.32 Å². The molecule has 0 saturated carbocycles. The summed E-state index contributed by atoms with van der Waals surface area (Å²) in [5, 5.41) is 2.85. The van der Waals surface area contributed by atoms with Crippen molar-refractivity contribution < 1.29 is 14.4 Å². The Labute approximate surface area is 153 Å². The minimum absolute atomic E-state index is 0.197. The number of hydrogen-bond donors (Lipinski definition) is 1. The first-order chi connectivity index (χ1) is 12.3. The van der Waals surface area contributed by atoms with Crippen LogP contribution in [0.15, 0.2) is 18.2 Å². The largest absolute Gasteiger partial charge is 0.325 e. The predicted octanol–water partition coefficient (Wildman–Crippen LogP) is 2.25. The van der Waals surface area contributed by atoms with Gasteiger partial charge in [0.1, 0.15) is 0 Å². The fourth-order valence-corrected chi connectivity index (χ4v) is 3.57. The molecule has 2 aliphatic heterocycles. The lowest BCUT2D eigenvalue weighted by Crippen LogP contribution is -2.46. The van der Waals surface area contributed by atoms with Gasteiger partial charge >= 0.3 is 6.03 Å². The van der Waals surface area contributed by atoms with E-state index in [4.69, 9.17) is 0 Å². The number of carbonyl (C=O) groups excluding carboxylic acids is 3. The minimum Gasteiger partial charge on any atom is -0.325 e. The number of nitrogens with zero attached hydrogens (tertiary/aromatic N) is 3. The lowest BCUT2D eigenvalue weighted by molar-refractivity contribution is 0.0609. The number of urea groups is 1. The normalized spacial score (nSPS) is 18.4. The summed E-state index contributed by atoms with van der Waals surface area (Å²) in [5.41, 5.74) is 1.27. The van der Waals surface area contributed by atoms with Gasteiger partial charge in [0.15, 0.2) is 0 Å². The number of imide groups is 1. The predicted molar refractivity (Wildman–Crippen MR) is 99.4 cm³/mol. The van der Waals surface area contributed by atoms with Gasteiger partial charge in [0, 0.05) is 24.8 Å². The van der Waals surface area contributed by atoms with Gasteiger partial charge in [-0.2, -0.15) is 0 Å². The van der Waals surface area contributed by atoms with Gasteiger partial charge in [0.05, 0.1) is 11.1 Å². The summed E-state index contributed by atoms with van der Waals surface area (Å²) >= 11 is 0. The van der Waals surface area contributed by atoms with E-state index in [9.17, 15) is 14.4 Å². The third kappa shape index (κ3) is 3.31. The zero-order chi connectivity index (χ0) is 19.0. The maximum atomic E-state index is 12.6. The van der Waals surface area contributed by atoms with Gasteiger partial charge < -0.3 is 15.1 Å². The van der Waals surface area contributed by atoms with Gasteiger partial charge in [-0.1, -0.05) is 0 Å². The van der Waals surface area contributed by atoms with E-state index >= 15 is 0 Å². The Morgan fingerprint density at radius 2 is 1.77 bits per heavy atom. The van der Waals surface area contributed by atoms with Crippen LogP contribution in [0.2, 0.25) is 0 Å². The molecule has 0 bridgehead atoms. The molecule has 7 nitrogen and oxygen atoms in total. The van der Waals surface area contributed by atoms with E-state index in [0.717, 1.165) is 25.9 Å². The number of anilines is 1. The van der Waals surface area contributed by atoms with E-state index in [-0.39, 0.29) is 29.9 Å². The van der Waals surface area contributed by atoms with E-state index in [0.29, 0.717) is 16.8 Å². The summed E-state index contributed by atoms with van der Waals surface area (Å²) in [6.45, 7) is 5.56. The Morgan fingerprint density at radius 3 is 2.38 bits per heavy atom. The van der Waals surface area contributed by atoms with Crippen LogP contribution >= 0.6 is 0 Å². The molecule has 0 aliphatic carbocycles. The molecule has 1 saturated heterocycles. The summed E-state index contributed by atoms with van der Waals surface area (Å²) < 4.78 is 0. The molecule has 0 atom stereocenters. The highest BCUT2D eigenvalue weighted by Crippen LogP contribution is 2.27. The second kappa shape index (κ2) is 7.07. The molecule has 0 aromatic heterocycles. The monoisotopic (exact) mass is 358 g/mol. The summed E-state index contributed by atoms with van der Waals surface area (Å²) in [4.78, 5) is 42.6. The van der Waals surface area contributed by atoms with E-state index in [2.05, 4.69) is 17.3 Å². The minimum atomic E-state index is -0.306. The van der Waals surface area contributed by atoms with Crippen molar-refractivity contribution >= 4 is 23.5 Å². The maximum absolute atomic E-state index is 12.6. The van der Waals surface area contributed by atoms with Crippen molar-refractivity contribution in [1.29, 1.82) is 0 Å². The standard InChI is InChI=1S/C19H26N4O3/c1-12(2)23-17(24)15-6-5-13(11-16(15)18(23)25)20-19(26)22(4)14-7-9-21(3)10-8-14/h5-6,11-12,14H,7-10H2,1-4H3,(H,20,26). The van der Waals surface area contributed by atoms with E-state index in [1.54, 1.807) is 44.0 Å². The average Bonchev–Trinajstić information content (AvgIpc) is 2.85. The lowest BCUT2D eigenvalue weighted by Gasteiger charge is -2.35. The summed E-state index contributed by atoms with van der Waals surface area (Å²) in [6.07, 6.45) is 1.89. The zero-order valence-corrected chi connectivity index (χ0v) is 15.8. The quantitative estimate of drug-likeness (QED) is 0.841. The smallest absolute Gasteiger partial charge is 0.321 e. The van der Waals surface area contributed by atoms with Crippen LogP contribution in [-0.4, -0.2) is 71.8 Å². The van der Waals surface area contributed by atoms with Gasteiger partial charge in [-0.3, -0.25) is 14.5 Å². The molecule has 26 heavy (non-hydrogen) atoms. The van der Waals surface area contributed by atoms with Crippen LogP contribution in [0.4, 0.5) is 10.5 Å². The Hall–Kier alpha value is -2.41. The number of fused-ring (bicyclic) bond motifs is 1. The van der Waals surface area contributed by atoms with E-state index < -0.39 is 0 Å². The zero-order valence-electron chi connectivity index (χ0n) is 15.8. The van der Waals surface area contributed by atoms with Gasteiger partial charge in [0.2, 0.25) is 0 Å².